The summed E-state index contributed by atoms with van der Waals surface area (Å²) in [6.07, 6.45) is 2.33. The van der Waals surface area contributed by atoms with Gasteiger partial charge >= 0.3 is 0 Å². The minimum absolute atomic E-state index is 0.185. The fourth-order valence-electron chi connectivity index (χ4n) is 2.46. The average Bonchev–Trinajstić information content (AvgIpc) is 2.39. The molecular weight excluding hydrogens is 231 g/mol. The number of anilines is 1. The third-order valence-electron chi connectivity index (χ3n) is 3.37. The zero-order chi connectivity index (χ0) is 13.0. The third-order valence-corrected chi connectivity index (χ3v) is 3.37. The van der Waals surface area contributed by atoms with Gasteiger partial charge in [0.2, 0.25) is 0 Å². The zero-order valence-electron chi connectivity index (χ0n) is 10.9. The lowest BCUT2D eigenvalue weighted by Crippen LogP contribution is -2.40. The van der Waals surface area contributed by atoms with Crippen LogP contribution in [0.25, 0.3) is 0 Å². The molecule has 0 aliphatic carbocycles. The van der Waals surface area contributed by atoms with Crippen molar-refractivity contribution in [3.63, 3.8) is 0 Å². The first-order valence-electron chi connectivity index (χ1n) is 6.59. The first-order chi connectivity index (χ1) is 8.74. The van der Waals surface area contributed by atoms with Crippen LogP contribution in [0.5, 0.6) is 0 Å². The summed E-state index contributed by atoms with van der Waals surface area (Å²) in [5.74, 6) is -0.185. The second-order valence-corrected chi connectivity index (χ2v) is 4.66. The Morgan fingerprint density at radius 1 is 1.50 bits per heavy atom. The first kappa shape index (κ1) is 13.3. The highest BCUT2D eigenvalue weighted by Crippen LogP contribution is 2.25. The van der Waals surface area contributed by atoms with Crippen molar-refractivity contribution in [3.05, 3.63) is 29.6 Å². The van der Waals surface area contributed by atoms with E-state index in [1.54, 1.807) is 0 Å². The molecule has 1 atom stereocenters. The molecule has 0 spiro atoms. The van der Waals surface area contributed by atoms with Crippen molar-refractivity contribution in [3.8, 4) is 0 Å². The molecule has 4 heteroatoms. The van der Waals surface area contributed by atoms with Gasteiger partial charge in [-0.1, -0.05) is 6.07 Å². The summed E-state index contributed by atoms with van der Waals surface area (Å²) in [4.78, 5) is 2.07. The molecule has 1 aliphatic rings. The predicted octanol–water partition coefficient (Wildman–Crippen LogP) is 2.29. The maximum Gasteiger partial charge on any atom is 0.146 e. The Hall–Kier alpha value is -1.13. The molecule has 18 heavy (non-hydrogen) atoms. The highest BCUT2D eigenvalue weighted by Gasteiger charge is 2.22. The molecule has 1 fully saturated rings. The molecule has 100 valence electrons. The molecule has 1 heterocycles. The van der Waals surface area contributed by atoms with Gasteiger partial charge in [0, 0.05) is 26.2 Å². The van der Waals surface area contributed by atoms with Gasteiger partial charge in [-0.05, 0) is 37.5 Å². The van der Waals surface area contributed by atoms with Gasteiger partial charge in [0.15, 0.2) is 0 Å². The summed E-state index contributed by atoms with van der Waals surface area (Å²) in [6.45, 7) is 4.75. The molecule has 1 aliphatic heterocycles. The van der Waals surface area contributed by atoms with Crippen LogP contribution < -0.4 is 10.6 Å². The lowest BCUT2D eigenvalue weighted by atomic mass is 10.1. The summed E-state index contributed by atoms with van der Waals surface area (Å²) in [5, 5.41) is 0. The second-order valence-electron chi connectivity index (χ2n) is 4.66. The van der Waals surface area contributed by atoms with E-state index in [0.29, 0.717) is 18.8 Å². The fourth-order valence-corrected chi connectivity index (χ4v) is 2.46. The molecule has 0 radical (unpaired) electrons. The predicted molar refractivity (Wildman–Crippen MR) is 71.2 cm³/mol. The second kappa shape index (κ2) is 6.16. The van der Waals surface area contributed by atoms with Crippen LogP contribution in [0.15, 0.2) is 18.2 Å². The minimum Gasteiger partial charge on any atom is -0.377 e. The molecule has 1 aromatic rings. The van der Waals surface area contributed by atoms with Gasteiger partial charge in [-0.3, -0.25) is 0 Å². The van der Waals surface area contributed by atoms with E-state index in [1.165, 1.54) is 6.07 Å². The molecule has 1 saturated heterocycles. The number of nitrogens with zero attached hydrogens (tertiary/aromatic N) is 1. The third kappa shape index (κ3) is 3.00. The zero-order valence-corrected chi connectivity index (χ0v) is 10.9. The number of ether oxygens (including phenoxy) is 1. The number of rotatable bonds is 4. The van der Waals surface area contributed by atoms with Gasteiger partial charge in [-0.15, -0.1) is 0 Å². The number of benzene rings is 1. The van der Waals surface area contributed by atoms with E-state index < -0.39 is 0 Å². The van der Waals surface area contributed by atoms with E-state index in [9.17, 15) is 4.39 Å². The molecule has 2 rings (SSSR count). The van der Waals surface area contributed by atoms with Crippen LogP contribution in [0.2, 0.25) is 0 Å². The molecule has 1 unspecified atom stereocenters. The van der Waals surface area contributed by atoms with Crippen LogP contribution >= 0.6 is 0 Å². The largest absolute Gasteiger partial charge is 0.377 e. The number of hydrogen-bond acceptors (Lipinski definition) is 3. The van der Waals surface area contributed by atoms with Gasteiger partial charge in [-0.2, -0.15) is 0 Å². The Balaban J connectivity index is 2.10. The van der Waals surface area contributed by atoms with Crippen LogP contribution in [0.3, 0.4) is 0 Å². The van der Waals surface area contributed by atoms with E-state index >= 15 is 0 Å². The van der Waals surface area contributed by atoms with Crippen molar-refractivity contribution in [1.29, 1.82) is 0 Å². The van der Waals surface area contributed by atoms with Gasteiger partial charge < -0.3 is 15.4 Å². The number of hydrogen-bond donors (Lipinski definition) is 1. The van der Waals surface area contributed by atoms with E-state index in [4.69, 9.17) is 10.5 Å². The molecule has 0 bridgehead atoms. The Bertz CT molecular complexity index is 395. The molecule has 0 saturated carbocycles. The average molecular weight is 252 g/mol. The highest BCUT2D eigenvalue weighted by molar-refractivity contribution is 5.49. The van der Waals surface area contributed by atoms with E-state index in [0.717, 1.165) is 31.5 Å². The molecule has 0 amide bonds. The molecule has 0 aromatic heterocycles. The quantitative estimate of drug-likeness (QED) is 0.893. The van der Waals surface area contributed by atoms with Crippen LogP contribution in [-0.4, -0.2) is 25.8 Å². The van der Waals surface area contributed by atoms with E-state index in [-0.39, 0.29) is 11.9 Å². The van der Waals surface area contributed by atoms with E-state index in [1.807, 2.05) is 19.1 Å². The number of nitrogens with two attached hydrogens (primary N) is 1. The molecular formula is C14H21FN2O. The topological polar surface area (TPSA) is 38.5 Å². The van der Waals surface area contributed by atoms with Crippen molar-refractivity contribution >= 4 is 5.69 Å². The fraction of sp³-hybridized carbons (Fsp3) is 0.571. The van der Waals surface area contributed by atoms with Crippen LogP contribution in [0, 0.1) is 5.82 Å². The number of halogens is 1. The van der Waals surface area contributed by atoms with E-state index in [2.05, 4.69) is 4.90 Å². The SMILES string of the molecule is CCOC1CCCN(c2ccc(CN)cc2F)C1. The number of piperidine rings is 1. The van der Waals surface area contributed by atoms with Gasteiger partial charge in [0.05, 0.1) is 11.8 Å². The van der Waals surface area contributed by atoms with Crippen molar-refractivity contribution < 1.29 is 9.13 Å². The van der Waals surface area contributed by atoms with Crippen molar-refractivity contribution in [2.75, 3.05) is 24.6 Å². The molecule has 1 aromatic carbocycles. The molecule has 2 N–H and O–H groups in total. The maximum absolute atomic E-state index is 14.0. The van der Waals surface area contributed by atoms with Crippen molar-refractivity contribution in [2.24, 2.45) is 5.73 Å². The Kier molecular flexibility index (Phi) is 4.55. The summed E-state index contributed by atoms with van der Waals surface area (Å²) < 4.78 is 19.6. The van der Waals surface area contributed by atoms with Crippen LogP contribution in [-0.2, 0) is 11.3 Å². The Morgan fingerprint density at radius 2 is 2.33 bits per heavy atom. The summed E-state index contributed by atoms with van der Waals surface area (Å²) in [7, 11) is 0. The summed E-state index contributed by atoms with van der Waals surface area (Å²) >= 11 is 0. The maximum atomic E-state index is 14.0. The summed E-state index contributed by atoms with van der Waals surface area (Å²) in [5.41, 5.74) is 7.00. The van der Waals surface area contributed by atoms with Gasteiger partial charge in [-0.25, -0.2) is 4.39 Å². The van der Waals surface area contributed by atoms with Crippen LogP contribution in [0.1, 0.15) is 25.3 Å². The Labute approximate surface area is 108 Å². The standard InChI is InChI=1S/C14H21FN2O/c1-2-18-12-4-3-7-17(10-12)14-6-5-11(9-16)8-13(14)15/h5-6,8,12H,2-4,7,9-10,16H2,1H3. The van der Waals surface area contributed by atoms with Crippen molar-refractivity contribution in [1.82, 2.24) is 0 Å². The minimum atomic E-state index is -0.185. The Morgan fingerprint density at radius 3 is 3.00 bits per heavy atom. The molecule has 3 nitrogen and oxygen atoms in total. The lowest BCUT2D eigenvalue weighted by Gasteiger charge is -2.34. The first-order valence-corrected chi connectivity index (χ1v) is 6.59. The van der Waals surface area contributed by atoms with Crippen LogP contribution in [0.4, 0.5) is 10.1 Å². The van der Waals surface area contributed by atoms with Gasteiger partial charge in [0.1, 0.15) is 5.82 Å². The van der Waals surface area contributed by atoms with Gasteiger partial charge in [0.25, 0.3) is 0 Å². The normalized spacial score (nSPS) is 20.2. The monoisotopic (exact) mass is 252 g/mol. The van der Waals surface area contributed by atoms with Crippen molar-refractivity contribution in [2.45, 2.75) is 32.4 Å². The highest BCUT2D eigenvalue weighted by atomic mass is 19.1. The smallest absolute Gasteiger partial charge is 0.146 e. The lowest BCUT2D eigenvalue weighted by molar-refractivity contribution is 0.0525. The summed E-state index contributed by atoms with van der Waals surface area (Å²) in [6, 6.07) is 5.24.